The Hall–Kier alpha value is -0.500. The molecule has 4 aromatic heterocycles. The molecule has 26 heavy (non-hydrogen) atoms. The van der Waals surface area contributed by atoms with Gasteiger partial charge in [-0.05, 0) is 88.8 Å². The lowest BCUT2D eigenvalue weighted by atomic mass is 10.1. The van der Waals surface area contributed by atoms with Crippen LogP contribution in [0.4, 0.5) is 0 Å². The van der Waals surface area contributed by atoms with E-state index in [1.165, 1.54) is 50.0 Å². The number of hydrogen-bond acceptors (Lipinski definition) is 4. The van der Waals surface area contributed by atoms with Gasteiger partial charge in [0.25, 0.3) is 0 Å². The highest BCUT2D eigenvalue weighted by Crippen LogP contribution is 2.37. The fourth-order valence-corrected chi connectivity index (χ4v) is 8.22. The fourth-order valence-electron chi connectivity index (χ4n) is 3.10. The zero-order valence-corrected chi connectivity index (χ0v) is 19.9. The number of fused-ring (bicyclic) bond motifs is 2. The quantitative estimate of drug-likeness (QED) is 0.214. The fraction of sp³-hybridized carbons (Fsp3) is 0.100. The van der Waals surface area contributed by atoms with Crippen molar-refractivity contribution in [3.05, 3.63) is 75.6 Å². The molecule has 0 N–H and O–H groups in total. The number of rotatable bonds is 4. The van der Waals surface area contributed by atoms with Crippen molar-refractivity contribution in [3.63, 3.8) is 0 Å². The molecule has 0 amide bonds. The normalized spacial score (nSPS) is 11.8. The summed E-state index contributed by atoms with van der Waals surface area (Å²) in [5.41, 5.74) is 2.76. The SMILES string of the molecule is Brc1cscc1Cc1cc2cc3sc(Cc4cscc4Br)cc3cc2s1. The first-order valence-corrected chi connectivity index (χ1v) is 13.1. The van der Waals surface area contributed by atoms with Crippen LogP contribution in [0.15, 0.2) is 54.7 Å². The summed E-state index contributed by atoms with van der Waals surface area (Å²) >= 11 is 14.6. The zero-order chi connectivity index (χ0) is 17.7. The van der Waals surface area contributed by atoms with E-state index in [9.17, 15) is 0 Å². The minimum atomic E-state index is 1.01. The Morgan fingerprint density at radius 2 is 1.08 bits per heavy atom. The van der Waals surface area contributed by atoms with Crippen molar-refractivity contribution in [1.82, 2.24) is 0 Å². The molecule has 5 aromatic rings. The van der Waals surface area contributed by atoms with Crippen molar-refractivity contribution < 1.29 is 0 Å². The van der Waals surface area contributed by atoms with Crippen molar-refractivity contribution in [2.24, 2.45) is 0 Å². The summed E-state index contributed by atoms with van der Waals surface area (Å²) in [7, 11) is 0. The van der Waals surface area contributed by atoms with Crippen molar-refractivity contribution in [2.75, 3.05) is 0 Å². The third kappa shape index (κ3) is 3.36. The number of thiophene rings is 4. The molecule has 0 radical (unpaired) electrons. The van der Waals surface area contributed by atoms with Gasteiger partial charge < -0.3 is 0 Å². The second-order valence-corrected chi connectivity index (χ2v) is 11.7. The molecule has 0 aliphatic carbocycles. The summed E-state index contributed by atoms with van der Waals surface area (Å²) in [6.07, 6.45) is 2.02. The minimum absolute atomic E-state index is 1.01. The van der Waals surface area contributed by atoms with E-state index in [4.69, 9.17) is 0 Å². The maximum Gasteiger partial charge on any atom is 0.0352 e. The lowest BCUT2D eigenvalue weighted by molar-refractivity contribution is 1.25. The van der Waals surface area contributed by atoms with Gasteiger partial charge >= 0.3 is 0 Å². The van der Waals surface area contributed by atoms with Gasteiger partial charge in [-0.2, -0.15) is 22.7 Å². The summed E-state index contributed by atoms with van der Waals surface area (Å²) in [5, 5.41) is 11.5. The summed E-state index contributed by atoms with van der Waals surface area (Å²) < 4.78 is 5.23. The average Bonchev–Trinajstić information content (AvgIpc) is 3.36. The van der Waals surface area contributed by atoms with E-state index >= 15 is 0 Å². The van der Waals surface area contributed by atoms with E-state index in [0.717, 1.165) is 12.8 Å². The van der Waals surface area contributed by atoms with Gasteiger partial charge in [0.05, 0.1) is 0 Å². The molecular formula is C20H12Br2S4. The minimum Gasteiger partial charge on any atom is -0.151 e. The van der Waals surface area contributed by atoms with Crippen LogP contribution in [-0.4, -0.2) is 0 Å². The zero-order valence-electron chi connectivity index (χ0n) is 13.4. The summed E-state index contributed by atoms with van der Waals surface area (Å²) in [6.45, 7) is 0. The molecule has 130 valence electrons. The van der Waals surface area contributed by atoms with Gasteiger partial charge in [0.2, 0.25) is 0 Å². The Morgan fingerprint density at radius 1 is 0.615 bits per heavy atom. The maximum atomic E-state index is 3.65. The molecule has 0 fully saturated rings. The summed E-state index contributed by atoms with van der Waals surface area (Å²) in [6, 6.07) is 9.45. The topological polar surface area (TPSA) is 0 Å². The molecule has 5 rings (SSSR count). The van der Waals surface area contributed by atoms with E-state index < -0.39 is 0 Å². The van der Waals surface area contributed by atoms with Crippen LogP contribution in [0, 0.1) is 0 Å². The monoisotopic (exact) mass is 538 g/mol. The van der Waals surface area contributed by atoms with Crippen molar-refractivity contribution in [2.45, 2.75) is 12.8 Å². The first kappa shape index (κ1) is 17.6. The Balaban J connectivity index is 1.48. The molecule has 0 spiro atoms. The second-order valence-electron chi connectivity index (χ2n) is 6.20. The third-order valence-corrected chi connectivity index (χ3v) is 10.2. The number of benzene rings is 1. The Kier molecular flexibility index (Phi) is 4.84. The molecule has 6 heteroatoms. The van der Waals surface area contributed by atoms with Crippen LogP contribution in [0.5, 0.6) is 0 Å². The molecular weight excluding hydrogens is 528 g/mol. The largest absolute Gasteiger partial charge is 0.151 e. The van der Waals surface area contributed by atoms with Gasteiger partial charge in [0, 0.05) is 51.7 Å². The molecule has 0 aliphatic rings. The molecule has 0 aliphatic heterocycles. The van der Waals surface area contributed by atoms with E-state index in [2.05, 4.69) is 77.6 Å². The summed E-state index contributed by atoms with van der Waals surface area (Å²) in [4.78, 5) is 2.86. The highest BCUT2D eigenvalue weighted by atomic mass is 79.9. The van der Waals surface area contributed by atoms with E-state index in [1.54, 1.807) is 22.7 Å². The molecule has 0 nitrogen and oxygen atoms in total. The van der Waals surface area contributed by atoms with Crippen molar-refractivity contribution >= 4 is 97.4 Å². The van der Waals surface area contributed by atoms with Crippen LogP contribution in [0.25, 0.3) is 20.2 Å². The van der Waals surface area contributed by atoms with Crippen LogP contribution in [0.3, 0.4) is 0 Å². The van der Waals surface area contributed by atoms with Gasteiger partial charge in [-0.3, -0.25) is 0 Å². The second kappa shape index (κ2) is 7.15. The van der Waals surface area contributed by atoms with Crippen molar-refractivity contribution in [3.8, 4) is 0 Å². The molecule has 4 heterocycles. The standard InChI is InChI=1S/C20H12Br2S4/c21-17-9-23-7-13(17)3-15-1-11-5-20-12(6-19(11)25-15)2-16(26-20)4-14-8-24-10-18(14)22/h1-2,5-10H,3-4H2. The summed E-state index contributed by atoms with van der Waals surface area (Å²) in [5.74, 6) is 0. The lowest BCUT2D eigenvalue weighted by Gasteiger charge is -1.94. The molecule has 0 saturated carbocycles. The van der Waals surface area contributed by atoms with Crippen molar-refractivity contribution in [1.29, 1.82) is 0 Å². The van der Waals surface area contributed by atoms with E-state index in [1.807, 2.05) is 22.7 Å². The first-order chi connectivity index (χ1) is 12.7. The van der Waals surface area contributed by atoms with Crippen LogP contribution in [-0.2, 0) is 12.8 Å². The molecule has 0 bridgehead atoms. The van der Waals surface area contributed by atoms with E-state index in [-0.39, 0.29) is 0 Å². The molecule has 0 saturated heterocycles. The molecule has 0 unspecified atom stereocenters. The predicted octanol–water partition coefficient (Wildman–Crippen LogP) is 8.95. The highest BCUT2D eigenvalue weighted by Gasteiger charge is 2.10. The average molecular weight is 540 g/mol. The Labute approximate surface area is 184 Å². The van der Waals surface area contributed by atoms with Crippen LogP contribution in [0.2, 0.25) is 0 Å². The van der Waals surface area contributed by atoms with Gasteiger partial charge in [0.1, 0.15) is 0 Å². The first-order valence-electron chi connectivity index (χ1n) is 8.02. The Bertz CT molecular complexity index is 1080. The molecule has 0 atom stereocenters. The smallest absolute Gasteiger partial charge is 0.0352 e. The maximum absolute atomic E-state index is 3.65. The Morgan fingerprint density at radius 3 is 1.46 bits per heavy atom. The predicted molar refractivity (Wildman–Crippen MR) is 127 cm³/mol. The third-order valence-electron chi connectivity index (χ3n) is 4.36. The van der Waals surface area contributed by atoms with E-state index in [0.29, 0.717) is 0 Å². The van der Waals surface area contributed by atoms with Gasteiger partial charge in [0.15, 0.2) is 0 Å². The molecule has 1 aromatic carbocycles. The number of halogens is 2. The highest BCUT2D eigenvalue weighted by molar-refractivity contribution is 9.10. The van der Waals surface area contributed by atoms with Gasteiger partial charge in [-0.1, -0.05) is 0 Å². The van der Waals surface area contributed by atoms with Crippen LogP contribution < -0.4 is 0 Å². The van der Waals surface area contributed by atoms with Crippen LogP contribution >= 0.6 is 77.2 Å². The number of hydrogen-bond donors (Lipinski definition) is 0. The van der Waals surface area contributed by atoms with Gasteiger partial charge in [-0.15, -0.1) is 22.7 Å². The van der Waals surface area contributed by atoms with Crippen LogP contribution in [0.1, 0.15) is 20.9 Å². The van der Waals surface area contributed by atoms with Gasteiger partial charge in [-0.25, -0.2) is 0 Å². The lowest BCUT2D eigenvalue weighted by Crippen LogP contribution is -1.80.